The summed E-state index contributed by atoms with van der Waals surface area (Å²) < 4.78 is 2.62. The molecule has 150 valence electrons. The normalized spacial score (nSPS) is 19.3. The van der Waals surface area contributed by atoms with Crippen LogP contribution in [0.25, 0.3) is 11.6 Å². The molecular formula is C25H28Cl2SiZr. The molecule has 0 nitrogen and oxygen atoms in total. The second-order valence-corrected chi connectivity index (χ2v) is 25.5. The van der Waals surface area contributed by atoms with Gasteiger partial charge in [-0.1, -0.05) is 0 Å². The third kappa shape index (κ3) is 4.52. The molecule has 4 rings (SSSR count). The van der Waals surface area contributed by atoms with Crippen molar-refractivity contribution in [3.63, 3.8) is 0 Å². The Balaban J connectivity index is 0.00000150. The molecule has 0 aromatic heterocycles. The first-order valence-electron chi connectivity index (χ1n) is 9.92. The van der Waals surface area contributed by atoms with Gasteiger partial charge < -0.3 is 24.8 Å². The van der Waals surface area contributed by atoms with Crippen molar-refractivity contribution in [1.82, 2.24) is 0 Å². The fourth-order valence-corrected chi connectivity index (χ4v) is 25.2. The first-order chi connectivity index (χ1) is 13.0. The molecule has 0 amide bonds. The van der Waals surface area contributed by atoms with Gasteiger partial charge in [0.25, 0.3) is 0 Å². The van der Waals surface area contributed by atoms with E-state index >= 15 is 0 Å². The molecule has 2 aromatic carbocycles. The van der Waals surface area contributed by atoms with E-state index in [-0.39, 0.29) is 30.2 Å². The average molecular weight is 519 g/mol. The molecule has 2 aromatic rings. The summed E-state index contributed by atoms with van der Waals surface area (Å²) in [6.07, 6.45) is 5.01. The molecule has 0 heterocycles. The zero-order chi connectivity index (χ0) is 19.1. The minimum absolute atomic E-state index is 0. The van der Waals surface area contributed by atoms with E-state index in [9.17, 15) is 0 Å². The van der Waals surface area contributed by atoms with Crippen molar-refractivity contribution in [3.8, 4) is 0 Å². The molecule has 29 heavy (non-hydrogen) atoms. The number of allylic oxidation sites excluding steroid dienone is 5. The van der Waals surface area contributed by atoms with E-state index in [0.29, 0.717) is 5.92 Å². The molecule has 4 heteroatoms. The van der Waals surface area contributed by atoms with E-state index in [2.05, 4.69) is 101 Å². The second-order valence-electron chi connectivity index (χ2n) is 8.14. The number of rotatable bonds is 3. The zero-order valence-electron chi connectivity index (χ0n) is 17.8. The largest absolute Gasteiger partial charge is 1.00 e. The Morgan fingerprint density at radius 2 is 1.48 bits per heavy atom. The Labute approximate surface area is 196 Å². The third-order valence-electron chi connectivity index (χ3n) is 6.03. The van der Waals surface area contributed by atoms with Crippen LogP contribution >= 0.6 is 0 Å². The Morgan fingerprint density at radius 1 is 0.862 bits per heavy atom. The van der Waals surface area contributed by atoms with Crippen LogP contribution in [0.4, 0.5) is 0 Å². The maximum atomic E-state index is 2.58. The molecule has 0 radical (unpaired) electrons. The van der Waals surface area contributed by atoms with Gasteiger partial charge in [0.15, 0.2) is 0 Å². The molecule has 0 saturated carbocycles. The van der Waals surface area contributed by atoms with Crippen molar-refractivity contribution in [1.29, 1.82) is 0 Å². The van der Waals surface area contributed by atoms with Crippen LogP contribution in [0.15, 0.2) is 75.1 Å². The first-order valence-corrected chi connectivity index (χ1v) is 18.8. The van der Waals surface area contributed by atoms with E-state index in [0.717, 1.165) is 3.63 Å². The van der Waals surface area contributed by atoms with Crippen LogP contribution in [0.5, 0.6) is 0 Å². The average Bonchev–Trinajstić information content (AvgIpc) is 3.14. The van der Waals surface area contributed by atoms with Crippen LogP contribution in [-0.2, 0) is 20.4 Å². The van der Waals surface area contributed by atoms with Gasteiger partial charge in [-0.3, -0.25) is 0 Å². The van der Waals surface area contributed by atoms with Gasteiger partial charge in [0.1, 0.15) is 0 Å². The maximum Gasteiger partial charge on any atom is -1.00 e. The van der Waals surface area contributed by atoms with Crippen molar-refractivity contribution < 1.29 is 45.2 Å². The molecular weight excluding hydrogens is 490 g/mol. The van der Waals surface area contributed by atoms with E-state index in [1.807, 2.05) is 3.28 Å². The summed E-state index contributed by atoms with van der Waals surface area (Å²) in [7, 11) is 0. The Kier molecular flexibility index (Phi) is 8.57. The molecule has 2 aliphatic carbocycles. The van der Waals surface area contributed by atoms with Gasteiger partial charge in [-0.25, -0.2) is 0 Å². The van der Waals surface area contributed by atoms with Crippen LogP contribution in [0.1, 0.15) is 41.1 Å². The minimum Gasteiger partial charge on any atom is -1.00 e. The molecule has 0 fully saturated rings. The van der Waals surface area contributed by atoms with Crippen molar-refractivity contribution in [3.05, 3.63) is 91.8 Å². The predicted octanol–water partition coefficient (Wildman–Crippen LogP) is 1.03. The third-order valence-corrected chi connectivity index (χ3v) is 25.1. The smallest absolute Gasteiger partial charge is 1.00 e. The molecule has 2 aliphatic rings. The number of fused-ring (bicyclic) bond motifs is 1. The van der Waals surface area contributed by atoms with Crippen molar-refractivity contribution >= 4 is 17.1 Å². The first kappa shape index (κ1) is 24.6. The number of hydrogen-bond acceptors (Lipinski definition) is 0. The van der Waals surface area contributed by atoms with Gasteiger partial charge in [-0.15, -0.1) is 0 Å². The van der Waals surface area contributed by atoms with E-state index < -0.39 is 20.4 Å². The quantitative estimate of drug-likeness (QED) is 0.533. The monoisotopic (exact) mass is 516 g/mol. The van der Waals surface area contributed by atoms with Gasteiger partial charge in [0.05, 0.1) is 0 Å². The van der Waals surface area contributed by atoms with Crippen LogP contribution in [0, 0.1) is 5.92 Å². The Bertz CT molecular complexity index is 1030. The summed E-state index contributed by atoms with van der Waals surface area (Å²) in [5.74, 6) is 0.607. The molecule has 0 aliphatic heterocycles. The van der Waals surface area contributed by atoms with Crippen molar-refractivity contribution in [2.24, 2.45) is 5.92 Å². The number of halogens is 2. The molecule has 0 N–H and O–H groups in total. The maximum absolute atomic E-state index is 2.58. The van der Waals surface area contributed by atoms with Crippen LogP contribution < -0.4 is 24.8 Å². The van der Waals surface area contributed by atoms with Crippen LogP contribution in [0.2, 0.25) is 13.1 Å². The van der Waals surface area contributed by atoms with Gasteiger partial charge in [-0.05, 0) is 0 Å². The Morgan fingerprint density at radius 3 is 2.14 bits per heavy atom. The standard InChI is InChI=1S/C13H13.C10H9.C2H6Si.2ClH.Zr/c1-10-8-11(2)13(9-10)12-6-4-3-5-7-12;1-8-6-9-4-2-3-5-10(9)7-8;1-3-2;;;/h3-7,9-10H,1-2H3;2-7H,1H3;1-2H3;2*1H;/q;;;;;+2/p-2. The van der Waals surface area contributed by atoms with Gasteiger partial charge in [0.2, 0.25) is 0 Å². The van der Waals surface area contributed by atoms with Gasteiger partial charge >= 0.3 is 173 Å². The van der Waals surface area contributed by atoms with Crippen LogP contribution in [-0.4, -0.2) is 5.43 Å². The van der Waals surface area contributed by atoms with Gasteiger partial charge in [0, 0.05) is 0 Å². The fraction of sp³-hybridized carbons (Fsp3) is 0.280. The number of benzene rings is 2. The van der Waals surface area contributed by atoms with Crippen molar-refractivity contribution in [2.45, 2.75) is 37.5 Å². The van der Waals surface area contributed by atoms with E-state index in [1.54, 1.807) is 16.7 Å². The SMILES string of the molecule is CC1=Cc2ccccc2[CH]1[Zr+2]([C]1=C(C)C(c2ccccc2)=CC1C)=[Si](C)C.[Cl-].[Cl-]. The summed E-state index contributed by atoms with van der Waals surface area (Å²) in [6.45, 7) is 12.4. The summed E-state index contributed by atoms with van der Waals surface area (Å²) in [6, 6.07) is 20.1. The summed E-state index contributed by atoms with van der Waals surface area (Å²) in [4.78, 5) is 0. The fourth-order valence-electron chi connectivity index (χ4n) is 4.90. The molecule has 0 bridgehead atoms. The molecule has 0 spiro atoms. The minimum atomic E-state index is -1.86. The summed E-state index contributed by atoms with van der Waals surface area (Å²) >= 11 is -1.86. The van der Waals surface area contributed by atoms with Crippen molar-refractivity contribution in [2.75, 3.05) is 0 Å². The number of hydrogen-bond donors (Lipinski definition) is 0. The second kappa shape index (κ2) is 10.1. The zero-order valence-corrected chi connectivity index (χ0v) is 22.7. The van der Waals surface area contributed by atoms with E-state index in [1.165, 1.54) is 16.7 Å². The summed E-state index contributed by atoms with van der Waals surface area (Å²) in [5.41, 5.74) is 8.88. The molecule has 2 unspecified atom stereocenters. The topological polar surface area (TPSA) is 0 Å². The van der Waals surface area contributed by atoms with E-state index in [4.69, 9.17) is 0 Å². The van der Waals surface area contributed by atoms with Crippen LogP contribution in [0.3, 0.4) is 0 Å². The summed E-state index contributed by atoms with van der Waals surface area (Å²) in [5, 5.41) is 0. The Hall–Kier alpha value is -0.660. The predicted molar refractivity (Wildman–Crippen MR) is 117 cm³/mol. The van der Waals surface area contributed by atoms with Gasteiger partial charge in [-0.2, -0.15) is 0 Å². The molecule has 0 saturated heterocycles. The molecule has 2 atom stereocenters.